The minimum Gasteiger partial charge on any atom is -0.289 e. The molecule has 0 aromatic heterocycles. The predicted octanol–water partition coefficient (Wildman–Crippen LogP) is 6.20. The molecular formula is C24H26O. The molecule has 0 saturated heterocycles. The average Bonchev–Trinajstić information content (AvgIpc) is 2.92. The summed E-state index contributed by atoms with van der Waals surface area (Å²) in [4.78, 5) is 13.3. The van der Waals surface area contributed by atoms with Gasteiger partial charge in [-0.25, -0.2) is 0 Å². The fourth-order valence-corrected chi connectivity index (χ4v) is 3.46. The molecular weight excluding hydrogens is 304 g/mol. The Balaban J connectivity index is 2.16. The van der Waals surface area contributed by atoms with Gasteiger partial charge in [-0.15, -0.1) is 0 Å². The monoisotopic (exact) mass is 330 g/mol. The van der Waals surface area contributed by atoms with E-state index in [-0.39, 0.29) is 17.1 Å². The van der Waals surface area contributed by atoms with Crippen LogP contribution < -0.4 is 0 Å². The van der Waals surface area contributed by atoms with E-state index in [1.165, 1.54) is 16.7 Å². The van der Waals surface area contributed by atoms with E-state index < -0.39 is 0 Å². The number of benzene rings is 2. The van der Waals surface area contributed by atoms with E-state index in [0.717, 1.165) is 16.7 Å². The maximum absolute atomic E-state index is 13.3. The quantitative estimate of drug-likeness (QED) is 0.612. The van der Waals surface area contributed by atoms with Gasteiger partial charge < -0.3 is 0 Å². The second-order valence-electron chi connectivity index (χ2n) is 8.02. The number of allylic oxidation sites excluding steroid dienone is 4. The van der Waals surface area contributed by atoms with Crippen molar-refractivity contribution in [2.45, 2.75) is 46.0 Å². The van der Waals surface area contributed by atoms with Crippen molar-refractivity contribution in [2.75, 3.05) is 0 Å². The smallest absolute Gasteiger partial charge is 0.193 e. The van der Waals surface area contributed by atoms with E-state index in [1.807, 2.05) is 30.3 Å². The van der Waals surface area contributed by atoms with E-state index in [2.05, 4.69) is 65.0 Å². The van der Waals surface area contributed by atoms with Crippen LogP contribution in [0.5, 0.6) is 0 Å². The highest BCUT2D eigenvalue weighted by molar-refractivity contribution is 6.10. The van der Waals surface area contributed by atoms with Gasteiger partial charge in [0, 0.05) is 17.0 Å². The Morgan fingerprint density at radius 2 is 1.64 bits per heavy atom. The molecule has 1 nitrogen and oxygen atoms in total. The lowest BCUT2D eigenvalue weighted by molar-refractivity contribution is 0.103. The van der Waals surface area contributed by atoms with Gasteiger partial charge in [-0.05, 0) is 36.5 Å². The van der Waals surface area contributed by atoms with Crippen LogP contribution in [0.3, 0.4) is 0 Å². The predicted molar refractivity (Wildman–Crippen MR) is 105 cm³/mol. The van der Waals surface area contributed by atoms with Crippen LogP contribution in [0.25, 0.3) is 0 Å². The summed E-state index contributed by atoms with van der Waals surface area (Å²) in [6.45, 7) is 10.8. The zero-order valence-corrected chi connectivity index (χ0v) is 15.8. The molecule has 2 aromatic carbocycles. The lowest BCUT2D eigenvalue weighted by atomic mass is 9.81. The van der Waals surface area contributed by atoms with Crippen molar-refractivity contribution in [2.24, 2.45) is 0 Å². The first-order valence-electron chi connectivity index (χ1n) is 8.88. The minimum absolute atomic E-state index is 0.0105. The van der Waals surface area contributed by atoms with Crippen LogP contribution in [0.1, 0.15) is 67.6 Å². The first-order valence-corrected chi connectivity index (χ1v) is 8.88. The average molecular weight is 330 g/mol. The molecule has 0 saturated carbocycles. The van der Waals surface area contributed by atoms with Crippen molar-refractivity contribution in [3.05, 3.63) is 94.1 Å². The van der Waals surface area contributed by atoms with Gasteiger partial charge in [0.15, 0.2) is 5.78 Å². The van der Waals surface area contributed by atoms with Crippen LogP contribution in [0.2, 0.25) is 0 Å². The van der Waals surface area contributed by atoms with Gasteiger partial charge in [0.1, 0.15) is 0 Å². The highest BCUT2D eigenvalue weighted by atomic mass is 16.1. The molecule has 1 unspecified atom stereocenters. The molecule has 0 bridgehead atoms. The highest BCUT2D eigenvalue weighted by Crippen LogP contribution is 2.37. The topological polar surface area (TPSA) is 17.1 Å². The number of carbonyl (C=O) groups excluding carboxylic acids is 1. The first-order chi connectivity index (χ1) is 11.8. The zero-order valence-electron chi connectivity index (χ0n) is 15.8. The molecule has 0 spiro atoms. The molecule has 0 radical (unpaired) electrons. The van der Waals surface area contributed by atoms with Crippen LogP contribution in [0, 0.1) is 0 Å². The number of hydrogen-bond donors (Lipinski definition) is 0. The molecule has 3 rings (SSSR count). The van der Waals surface area contributed by atoms with Gasteiger partial charge in [-0.3, -0.25) is 4.79 Å². The van der Waals surface area contributed by atoms with Crippen molar-refractivity contribution in [3.8, 4) is 0 Å². The van der Waals surface area contributed by atoms with Crippen LogP contribution in [-0.2, 0) is 5.41 Å². The fraction of sp³-hybridized carbons (Fsp3) is 0.292. The SMILES string of the molecule is CC1=CC(c2ccc(C(C)(C)C)cc2C(=O)c2ccccc2)C(C)=C1. The summed E-state index contributed by atoms with van der Waals surface area (Å²) in [5, 5.41) is 0. The molecule has 1 aliphatic carbocycles. The van der Waals surface area contributed by atoms with Crippen molar-refractivity contribution < 1.29 is 4.79 Å². The van der Waals surface area contributed by atoms with Crippen molar-refractivity contribution in [1.82, 2.24) is 0 Å². The molecule has 128 valence electrons. The summed E-state index contributed by atoms with van der Waals surface area (Å²) in [5.41, 5.74) is 6.43. The molecule has 1 heteroatoms. The van der Waals surface area contributed by atoms with E-state index in [4.69, 9.17) is 0 Å². The lowest BCUT2D eigenvalue weighted by Crippen LogP contribution is -2.15. The summed E-state index contributed by atoms with van der Waals surface area (Å²) in [6, 6.07) is 16.0. The third-order valence-corrected chi connectivity index (χ3v) is 4.91. The Kier molecular flexibility index (Phi) is 4.51. The van der Waals surface area contributed by atoms with Crippen molar-refractivity contribution >= 4 is 5.78 Å². The number of ketones is 1. The Labute approximate surface area is 151 Å². The number of rotatable bonds is 3. The molecule has 0 aliphatic heterocycles. The molecule has 0 N–H and O–H groups in total. The van der Waals surface area contributed by atoms with Gasteiger partial charge in [0.25, 0.3) is 0 Å². The van der Waals surface area contributed by atoms with Crippen LogP contribution in [-0.4, -0.2) is 5.78 Å². The Morgan fingerprint density at radius 1 is 0.960 bits per heavy atom. The molecule has 2 aromatic rings. The maximum Gasteiger partial charge on any atom is 0.193 e. The van der Waals surface area contributed by atoms with Crippen LogP contribution in [0.4, 0.5) is 0 Å². The zero-order chi connectivity index (χ0) is 18.2. The first kappa shape index (κ1) is 17.4. The molecule has 0 amide bonds. The van der Waals surface area contributed by atoms with E-state index >= 15 is 0 Å². The summed E-state index contributed by atoms with van der Waals surface area (Å²) in [5.74, 6) is 0.295. The van der Waals surface area contributed by atoms with Gasteiger partial charge in [-0.1, -0.05) is 86.5 Å². The van der Waals surface area contributed by atoms with E-state index in [9.17, 15) is 4.79 Å². The molecule has 0 heterocycles. The van der Waals surface area contributed by atoms with E-state index in [0.29, 0.717) is 0 Å². The summed E-state index contributed by atoms with van der Waals surface area (Å²) in [7, 11) is 0. The number of carbonyl (C=O) groups is 1. The molecule has 0 fully saturated rings. The second kappa shape index (κ2) is 6.48. The molecule has 25 heavy (non-hydrogen) atoms. The minimum atomic E-state index is 0.0105. The van der Waals surface area contributed by atoms with Gasteiger partial charge in [0.05, 0.1) is 0 Å². The fourth-order valence-electron chi connectivity index (χ4n) is 3.46. The number of hydrogen-bond acceptors (Lipinski definition) is 1. The van der Waals surface area contributed by atoms with E-state index in [1.54, 1.807) is 0 Å². The normalized spacial score (nSPS) is 17.2. The van der Waals surface area contributed by atoms with Gasteiger partial charge >= 0.3 is 0 Å². The third-order valence-electron chi connectivity index (χ3n) is 4.91. The Morgan fingerprint density at radius 3 is 2.20 bits per heavy atom. The third kappa shape index (κ3) is 3.51. The Hall–Kier alpha value is -2.41. The standard InChI is InChI=1S/C24H26O/c1-16-13-17(2)21(14-16)20-12-11-19(24(3,4)5)15-22(20)23(25)18-9-7-6-8-10-18/h6-15,21H,1-5H3. The van der Waals surface area contributed by atoms with Gasteiger partial charge in [-0.2, -0.15) is 0 Å². The second-order valence-corrected chi connectivity index (χ2v) is 8.02. The van der Waals surface area contributed by atoms with Crippen LogP contribution in [0.15, 0.2) is 71.8 Å². The summed E-state index contributed by atoms with van der Waals surface area (Å²) < 4.78 is 0. The molecule has 1 aliphatic rings. The van der Waals surface area contributed by atoms with Crippen LogP contribution >= 0.6 is 0 Å². The largest absolute Gasteiger partial charge is 0.289 e. The van der Waals surface area contributed by atoms with Crippen molar-refractivity contribution in [3.63, 3.8) is 0 Å². The summed E-state index contributed by atoms with van der Waals surface area (Å²) in [6.07, 6.45) is 4.46. The summed E-state index contributed by atoms with van der Waals surface area (Å²) >= 11 is 0. The highest BCUT2D eigenvalue weighted by Gasteiger charge is 2.25. The van der Waals surface area contributed by atoms with Crippen molar-refractivity contribution in [1.29, 1.82) is 0 Å². The molecule has 1 atom stereocenters. The maximum atomic E-state index is 13.3. The van der Waals surface area contributed by atoms with Gasteiger partial charge in [0.2, 0.25) is 0 Å². The lowest BCUT2D eigenvalue weighted by Gasteiger charge is -2.23. The Bertz CT molecular complexity index is 861.